The van der Waals surface area contributed by atoms with Gasteiger partial charge in [-0.1, -0.05) is 41.4 Å². The minimum absolute atomic E-state index is 0. The molecule has 1 aliphatic rings. The molecule has 6 heteroatoms. The van der Waals surface area contributed by atoms with E-state index in [1.807, 2.05) is 30.3 Å². The van der Waals surface area contributed by atoms with Crippen molar-refractivity contribution in [3.63, 3.8) is 0 Å². The summed E-state index contributed by atoms with van der Waals surface area (Å²) in [6, 6.07) is 7.53. The molecule has 0 aliphatic heterocycles. The molecule has 0 saturated heterocycles. The zero-order valence-electron chi connectivity index (χ0n) is 9.40. The number of rotatable bonds is 1. The summed E-state index contributed by atoms with van der Waals surface area (Å²) in [6.07, 6.45) is 4.04. The Bertz CT molecular complexity index is 463. The van der Waals surface area contributed by atoms with Crippen LogP contribution in [0.5, 0.6) is 0 Å². The molecule has 1 unspecified atom stereocenters. The van der Waals surface area contributed by atoms with Crippen LogP contribution in [0.15, 0.2) is 41.4 Å². The van der Waals surface area contributed by atoms with Gasteiger partial charge in [0.2, 0.25) is 0 Å². The summed E-state index contributed by atoms with van der Waals surface area (Å²) >= 11 is 12.2. The molecular weight excluding hydrogens is 314 g/mol. The zero-order chi connectivity index (χ0) is 11.8. The Hall–Kier alpha value is -0.380. The fourth-order valence-corrected chi connectivity index (χ4v) is 2.28. The van der Waals surface area contributed by atoms with Crippen molar-refractivity contribution in [1.82, 2.24) is 0 Å². The van der Waals surface area contributed by atoms with Gasteiger partial charge in [-0.2, -0.15) is 0 Å². The van der Waals surface area contributed by atoms with E-state index < -0.39 is 5.00 Å². The van der Waals surface area contributed by atoms with E-state index in [1.165, 1.54) is 0 Å². The van der Waals surface area contributed by atoms with Crippen molar-refractivity contribution in [1.29, 1.82) is 0 Å². The maximum Gasteiger partial charge on any atom is 0.115 e. The summed E-state index contributed by atoms with van der Waals surface area (Å²) in [5.74, 6) is 0. The predicted octanol–water partition coefficient (Wildman–Crippen LogP) is 3.92. The second-order valence-corrected chi connectivity index (χ2v) is 5.04. The minimum atomic E-state index is -0.867. The normalized spacial score (nSPS) is 22.2. The first-order valence-corrected chi connectivity index (χ1v) is 5.65. The number of alkyl halides is 1. The molecule has 1 aromatic rings. The van der Waals surface area contributed by atoms with Crippen LogP contribution in [-0.4, -0.2) is 5.00 Å². The Morgan fingerprint density at radius 1 is 1.11 bits per heavy atom. The van der Waals surface area contributed by atoms with Gasteiger partial charge < -0.3 is 11.5 Å². The summed E-state index contributed by atoms with van der Waals surface area (Å²) in [7, 11) is 0. The van der Waals surface area contributed by atoms with E-state index in [-0.39, 0.29) is 24.8 Å². The summed E-state index contributed by atoms with van der Waals surface area (Å²) < 4.78 is 0. The van der Waals surface area contributed by atoms with Gasteiger partial charge in [0.25, 0.3) is 0 Å². The van der Waals surface area contributed by atoms with E-state index in [0.717, 1.165) is 16.8 Å². The summed E-state index contributed by atoms with van der Waals surface area (Å²) in [5.41, 5.74) is 14.1. The highest BCUT2D eigenvalue weighted by molar-refractivity contribution is 6.35. The van der Waals surface area contributed by atoms with Crippen LogP contribution in [0, 0.1) is 0 Å². The van der Waals surface area contributed by atoms with Crippen LogP contribution in [0.1, 0.15) is 12.0 Å². The van der Waals surface area contributed by atoms with Crippen LogP contribution in [-0.2, 0) is 0 Å². The molecule has 0 amide bonds. The summed E-state index contributed by atoms with van der Waals surface area (Å²) in [6.45, 7) is 0. The van der Waals surface area contributed by atoms with Crippen LogP contribution < -0.4 is 11.5 Å². The van der Waals surface area contributed by atoms with Crippen molar-refractivity contribution in [2.24, 2.45) is 5.73 Å². The maximum absolute atomic E-state index is 6.17. The van der Waals surface area contributed by atoms with Crippen LogP contribution in [0.25, 0.3) is 5.57 Å². The first-order chi connectivity index (χ1) is 7.48. The number of nitrogen functional groups attached to an aromatic ring is 1. The van der Waals surface area contributed by atoms with Gasteiger partial charge in [-0.05, 0) is 29.3 Å². The Kier molecular flexibility index (Phi) is 6.55. The molecule has 2 nitrogen and oxygen atoms in total. The Morgan fingerprint density at radius 2 is 1.67 bits per heavy atom. The molecule has 2 rings (SSSR count). The van der Waals surface area contributed by atoms with E-state index in [9.17, 15) is 0 Å². The molecule has 0 aromatic heterocycles. The molecule has 1 aromatic carbocycles. The fraction of sp³-hybridized carbons (Fsp3) is 0.167. The smallest absolute Gasteiger partial charge is 0.115 e. The van der Waals surface area contributed by atoms with Crippen molar-refractivity contribution in [2.75, 3.05) is 5.73 Å². The van der Waals surface area contributed by atoms with Gasteiger partial charge in [-0.25, -0.2) is 0 Å². The van der Waals surface area contributed by atoms with Gasteiger partial charge in [0.1, 0.15) is 5.00 Å². The number of hydrogen-bond acceptors (Lipinski definition) is 2. The quantitative estimate of drug-likeness (QED) is 0.466. The van der Waals surface area contributed by atoms with E-state index in [0.29, 0.717) is 11.5 Å². The van der Waals surface area contributed by atoms with E-state index in [1.54, 1.807) is 6.08 Å². The predicted molar refractivity (Wildman–Crippen MR) is 84.7 cm³/mol. The van der Waals surface area contributed by atoms with E-state index >= 15 is 0 Å². The van der Waals surface area contributed by atoms with Crippen molar-refractivity contribution in [3.05, 3.63) is 47.0 Å². The van der Waals surface area contributed by atoms with Gasteiger partial charge in [0.15, 0.2) is 0 Å². The molecule has 4 N–H and O–H groups in total. The first-order valence-electron chi connectivity index (χ1n) is 4.89. The number of allylic oxidation sites excluding steroid dienone is 2. The Balaban J connectivity index is 0.00000144. The lowest BCUT2D eigenvalue weighted by atomic mass is 9.97. The average Bonchev–Trinajstić information content (AvgIpc) is 2.19. The monoisotopic (exact) mass is 326 g/mol. The third kappa shape index (κ3) is 4.08. The lowest BCUT2D eigenvalue weighted by molar-refractivity contribution is 0.737. The Morgan fingerprint density at radius 3 is 2.17 bits per heavy atom. The van der Waals surface area contributed by atoms with Crippen molar-refractivity contribution in [3.8, 4) is 0 Å². The number of halogens is 4. The standard InChI is InChI=1S/C12H12Cl2N2.2ClH/c13-11-7-12(14,16)6-5-10(11)8-1-3-9(15)4-2-8;;/h1-6H,7,15-16H2;2*1H. The molecule has 18 heavy (non-hydrogen) atoms. The molecule has 0 spiro atoms. The molecule has 0 fully saturated rings. The molecule has 0 saturated carbocycles. The van der Waals surface area contributed by atoms with E-state index in [2.05, 4.69) is 0 Å². The van der Waals surface area contributed by atoms with Gasteiger partial charge in [0.05, 0.1) is 0 Å². The number of anilines is 1. The van der Waals surface area contributed by atoms with Gasteiger partial charge in [-0.15, -0.1) is 24.8 Å². The first kappa shape index (κ1) is 17.6. The molecule has 100 valence electrons. The van der Waals surface area contributed by atoms with Crippen LogP contribution in [0.3, 0.4) is 0 Å². The third-order valence-corrected chi connectivity index (χ3v) is 3.06. The molecule has 1 atom stereocenters. The highest BCUT2D eigenvalue weighted by atomic mass is 35.5. The van der Waals surface area contributed by atoms with Gasteiger partial charge >= 0.3 is 0 Å². The average molecular weight is 328 g/mol. The molecule has 0 bridgehead atoms. The van der Waals surface area contributed by atoms with Gasteiger partial charge in [0, 0.05) is 17.1 Å². The van der Waals surface area contributed by atoms with Crippen molar-refractivity contribution in [2.45, 2.75) is 11.4 Å². The molecule has 0 heterocycles. The Labute approximate surface area is 129 Å². The lowest BCUT2D eigenvalue weighted by Gasteiger charge is -2.23. The molecule has 1 aliphatic carbocycles. The highest BCUT2D eigenvalue weighted by Crippen LogP contribution is 2.35. The second-order valence-electron chi connectivity index (χ2n) is 3.88. The van der Waals surface area contributed by atoms with Crippen molar-refractivity contribution < 1.29 is 0 Å². The molecular formula is C12H14Cl4N2. The highest BCUT2D eigenvalue weighted by Gasteiger charge is 2.24. The lowest BCUT2D eigenvalue weighted by Crippen LogP contribution is -2.32. The largest absolute Gasteiger partial charge is 0.399 e. The third-order valence-electron chi connectivity index (χ3n) is 2.47. The van der Waals surface area contributed by atoms with Crippen LogP contribution >= 0.6 is 48.0 Å². The summed E-state index contributed by atoms with van der Waals surface area (Å²) in [4.78, 5) is -0.867. The number of benzene rings is 1. The fourth-order valence-electron chi connectivity index (χ4n) is 1.62. The summed E-state index contributed by atoms with van der Waals surface area (Å²) in [5, 5.41) is 0.671. The SMILES string of the molecule is Cl.Cl.Nc1ccc(C2=C(Cl)CC(N)(Cl)C=C2)cc1. The zero-order valence-corrected chi connectivity index (χ0v) is 12.5. The topological polar surface area (TPSA) is 52.0 Å². The second kappa shape index (κ2) is 6.69. The maximum atomic E-state index is 6.17. The van der Waals surface area contributed by atoms with Gasteiger partial charge in [-0.3, -0.25) is 0 Å². The molecule has 0 radical (unpaired) electrons. The number of hydrogen-bond donors (Lipinski definition) is 2. The van der Waals surface area contributed by atoms with Crippen molar-refractivity contribution >= 4 is 59.3 Å². The van der Waals surface area contributed by atoms with E-state index in [4.69, 9.17) is 34.7 Å². The minimum Gasteiger partial charge on any atom is -0.399 e. The number of nitrogens with two attached hydrogens (primary N) is 2. The van der Waals surface area contributed by atoms with Crippen LogP contribution in [0.2, 0.25) is 0 Å². The van der Waals surface area contributed by atoms with Crippen LogP contribution in [0.4, 0.5) is 5.69 Å².